The lowest BCUT2D eigenvalue weighted by molar-refractivity contribution is 0.344. The summed E-state index contributed by atoms with van der Waals surface area (Å²) in [5.74, 6) is 0.636. The molecular weight excluding hydrogens is 406 g/mol. The standard InChI is InChI=1S/C23H28ClNO3S/c1-11-12(2)14(4)23(15(5)13(11)3)29(27,28)25-19-10-18(24)22(26)21-17-8-6-16(7-9-17)20(19)21/h10,16-17,25-26H,6-9H2,1-5H3. The Labute approximate surface area is 178 Å². The van der Waals surface area contributed by atoms with Crippen LogP contribution in [0.25, 0.3) is 0 Å². The number of benzene rings is 2. The molecule has 0 unspecified atom stereocenters. The van der Waals surface area contributed by atoms with Crippen molar-refractivity contribution in [2.24, 2.45) is 0 Å². The van der Waals surface area contributed by atoms with E-state index in [9.17, 15) is 13.5 Å². The molecule has 6 heteroatoms. The van der Waals surface area contributed by atoms with Gasteiger partial charge in [0.05, 0.1) is 15.6 Å². The zero-order valence-electron chi connectivity index (χ0n) is 17.6. The van der Waals surface area contributed by atoms with Crippen molar-refractivity contribution in [1.82, 2.24) is 0 Å². The Morgan fingerprint density at radius 3 is 1.83 bits per heavy atom. The number of rotatable bonds is 3. The fourth-order valence-corrected chi connectivity index (χ4v) is 7.23. The third kappa shape index (κ3) is 3.05. The summed E-state index contributed by atoms with van der Waals surface area (Å²) in [6, 6.07) is 1.58. The van der Waals surface area contributed by atoms with Crippen LogP contribution in [0, 0.1) is 34.6 Å². The van der Waals surface area contributed by atoms with Crippen molar-refractivity contribution in [2.45, 2.75) is 77.0 Å². The summed E-state index contributed by atoms with van der Waals surface area (Å²) < 4.78 is 29.9. The Bertz CT molecular complexity index is 1100. The first-order chi connectivity index (χ1) is 13.5. The quantitative estimate of drug-likeness (QED) is 0.571. The Balaban J connectivity index is 1.89. The van der Waals surface area contributed by atoms with Crippen molar-refractivity contribution in [2.75, 3.05) is 4.72 Å². The molecule has 1 saturated carbocycles. The lowest BCUT2D eigenvalue weighted by Gasteiger charge is -2.40. The third-order valence-corrected chi connectivity index (χ3v) is 9.25. The van der Waals surface area contributed by atoms with E-state index < -0.39 is 10.0 Å². The first-order valence-electron chi connectivity index (χ1n) is 10.2. The summed E-state index contributed by atoms with van der Waals surface area (Å²) >= 11 is 6.31. The number of fused-ring (bicyclic) bond motifs is 2. The first-order valence-corrected chi connectivity index (χ1v) is 12.1. The van der Waals surface area contributed by atoms with Crippen LogP contribution in [0.15, 0.2) is 11.0 Å². The molecule has 2 bridgehead atoms. The maximum absolute atomic E-state index is 13.5. The number of hydrogen-bond acceptors (Lipinski definition) is 3. The molecule has 0 spiro atoms. The second-order valence-electron chi connectivity index (χ2n) is 8.69. The number of phenols is 1. The number of hydrogen-bond donors (Lipinski definition) is 2. The normalized spacial score (nSPS) is 20.6. The summed E-state index contributed by atoms with van der Waals surface area (Å²) in [6.07, 6.45) is 4.08. The van der Waals surface area contributed by atoms with Crippen LogP contribution in [0.5, 0.6) is 5.75 Å². The lowest BCUT2D eigenvalue weighted by Crippen LogP contribution is -2.25. The topological polar surface area (TPSA) is 66.4 Å². The van der Waals surface area contributed by atoms with Crippen molar-refractivity contribution in [3.63, 3.8) is 0 Å². The summed E-state index contributed by atoms with van der Waals surface area (Å²) in [7, 11) is -3.81. The Morgan fingerprint density at radius 2 is 1.31 bits per heavy atom. The van der Waals surface area contributed by atoms with E-state index in [0.29, 0.717) is 10.6 Å². The highest BCUT2D eigenvalue weighted by Crippen LogP contribution is 2.56. The highest BCUT2D eigenvalue weighted by molar-refractivity contribution is 7.92. The molecule has 3 aliphatic rings. The summed E-state index contributed by atoms with van der Waals surface area (Å²) in [5.41, 5.74) is 6.98. The highest BCUT2D eigenvalue weighted by Gasteiger charge is 2.38. The van der Waals surface area contributed by atoms with Gasteiger partial charge in [0.25, 0.3) is 10.0 Å². The molecule has 1 fully saturated rings. The zero-order chi connectivity index (χ0) is 21.2. The SMILES string of the molecule is Cc1c(C)c(C)c(S(=O)(=O)Nc2cc(Cl)c(O)c3c2C2CCC3CC2)c(C)c1C. The molecule has 0 aromatic heterocycles. The minimum atomic E-state index is -3.81. The molecule has 0 saturated heterocycles. The summed E-state index contributed by atoms with van der Waals surface area (Å²) in [4.78, 5) is 0.344. The van der Waals surface area contributed by atoms with Gasteiger partial charge in [-0.3, -0.25) is 4.72 Å². The fourth-order valence-electron chi connectivity index (χ4n) is 5.35. The molecule has 156 valence electrons. The van der Waals surface area contributed by atoms with Crippen molar-refractivity contribution in [3.05, 3.63) is 50.0 Å². The van der Waals surface area contributed by atoms with Gasteiger partial charge in [0.1, 0.15) is 5.75 Å². The van der Waals surface area contributed by atoms with Gasteiger partial charge in [0, 0.05) is 5.56 Å². The van der Waals surface area contributed by atoms with Crippen LogP contribution in [-0.2, 0) is 10.0 Å². The number of sulfonamides is 1. The maximum Gasteiger partial charge on any atom is 0.262 e. The van der Waals surface area contributed by atoms with Crippen LogP contribution in [0.1, 0.15) is 76.5 Å². The second kappa shape index (κ2) is 6.92. The van der Waals surface area contributed by atoms with Crippen LogP contribution in [0.3, 0.4) is 0 Å². The Kier molecular flexibility index (Phi) is 4.90. The lowest BCUT2D eigenvalue weighted by atomic mass is 9.66. The predicted octanol–water partition coefficient (Wildman–Crippen LogP) is 6.14. The summed E-state index contributed by atoms with van der Waals surface area (Å²) in [6.45, 7) is 9.69. The van der Waals surface area contributed by atoms with E-state index in [1.807, 2.05) is 34.6 Å². The van der Waals surface area contributed by atoms with Gasteiger partial charge in [-0.05, 0) is 112 Å². The minimum absolute atomic E-state index is 0.119. The van der Waals surface area contributed by atoms with Crippen molar-refractivity contribution in [1.29, 1.82) is 0 Å². The predicted molar refractivity (Wildman–Crippen MR) is 118 cm³/mol. The van der Waals surface area contributed by atoms with Crippen molar-refractivity contribution >= 4 is 27.3 Å². The Morgan fingerprint density at radius 1 is 0.862 bits per heavy atom. The highest BCUT2D eigenvalue weighted by atomic mass is 35.5. The molecule has 0 aliphatic heterocycles. The van der Waals surface area contributed by atoms with E-state index >= 15 is 0 Å². The van der Waals surface area contributed by atoms with Crippen LogP contribution in [0.4, 0.5) is 5.69 Å². The van der Waals surface area contributed by atoms with E-state index in [-0.39, 0.29) is 22.6 Å². The third-order valence-electron chi connectivity index (χ3n) is 7.32. The van der Waals surface area contributed by atoms with E-state index in [4.69, 9.17) is 11.6 Å². The fraction of sp³-hybridized carbons (Fsp3) is 0.478. The van der Waals surface area contributed by atoms with Gasteiger partial charge in [0.15, 0.2) is 0 Å². The molecule has 2 aromatic rings. The van der Waals surface area contributed by atoms with Crippen LogP contribution in [0.2, 0.25) is 5.02 Å². The molecule has 4 nitrogen and oxygen atoms in total. The summed E-state index contributed by atoms with van der Waals surface area (Å²) in [5, 5.41) is 10.8. The van der Waals surface area contributed by atoms with Crippen LogP contribution >= 0.6 is 11.6 Å². The maximum atomic E-state index is 13.5. The number of nitrogens with one attached hydrogen (secondary N) is 1. The van der Waals surface area contributed by atoms with E-state index in [1.165, 1.54) is 0 Å². The average Bonchev–Trinajstić information content (AvgIpc) is 2.68. The average molecular weight is 434 g/mol. The van der Waals surface area contributed by atoms with Gasteiger partial charge in [-0.2, -0.15) is 0 Å². The number of halogens is 1. The first kappa shape index (κ1) is 20.5. The van der Waals surface area contributed by atoms with E-state index in [0.717, 1.165) is 64.6 Å². The molecule has 5 rings (SSSR count). The van der Waals surface area contributed by atoms with Gasteiger partial charge in [-0.25, -0.2) is 8.42 Å². The smallest absolute Gasteiger partial charge is 0.262 e. The molecule has 2 aromatic carbocycles. The number of anilines is 1. The van der Waals surface area contributed by atoms with Gasteiger partial charge < -0.3 is 5.11 Å². The monoisotopic (exact) mass is 433 g/mol. The molecule has 0 heterocycles. The molecule has 29 heavy (non-hydrogen) atoms. The second-order valence-corrected chi connectivity index (χ2v) is 10.7. The molecule has 2 N–H and O–H groups in total. The van der Waals surface area contributed by atoms with Crippen molar-refractivity contribution in [3.8, 4) is 5.75 Å². The van der Waals surface area contributed by atoms with Gasteiger partial charge >= 0.3 is 0 Å². The van der Waals surface area contributed by atoms with Crippen molar-refractivity contribution < 1.29 is 13.5 Å². The van der Waals surface area contributed by atoms with Crippen LogP contribution < -0.4 is 4.72 Å². The van der Waals surface area contributed by atoms with E-state index in [2.05, 4.69) is 4.72 Å². The molecule has 0 amide bonds. The van der Waals surface area contributed by atoms with Gasteiger partial charge in [0.2, 0.25) is 0 Å². The largest absolute Gasteiger partial charge is 0.506 e. The van der Waals surface area contributed by atoms with Gasteiger partial charge in [-0.15, -0.1) is 0 Å². The van der Waals surface area contributed by atoms with Crippen LogP contribution in [-0.4, -0.2) is 13.5 Å². The molecule has 3 aliphatic carbocycles. The molecular formula is C23H28ClNO3S. The number of aromatic hydroxyl groups is 1. The minimum Gasteiger partial charge on any atom is -0.506 e. The number of phenolic OH excluding ortho intramolecular Hbond substituents is 1. The van der Waals surface area contributed by atoms with Gasteiger partial charge in [-0.1, -0.05) is 11.6 Å². The molecule has 0 radical (unpaired) electrons. The van der Waals surface area contributed by atoms with E-state index in [1.54, 1.807) is 6.07 Å². The Hall–Kier alpha value is -1.72. The zero-order valence-corrected chi connectivity index (χ0v) is 19.2. The molecule has 0 atom stereocenters.